The van der Waals surface area contributed by atoms with E-state index in [0.29, 0.717) is 0 Å². The smallest absolute Gasteiger partial charge is 0.0692 e. The minimum atomic E-state index is 0.751. The molecule has 4 nitrogen and oxygen atoms in total. The van der Waals surface area contributed by atoms with Crippen molar-refractivity contribution in [3.05, 3.63) is 45.7 Å². The Kier molecular flexibility index (Phi) is 4.53. The van der Waals surface area contributed by atoms with E-state index in [0.717, 1.165) is 34.7 Å². The van der Waals surface area contributed by atoms with E-state index in [4.69, 9.17) is 11.6 Å². The van der Waals surface area contributed by atoms with Gasteiger partial charge in [-0.25, -0.2) is 0 Å². The zero-order valence-electron chi connectivity index (χ0n) is 9.11. The molecule has 0 saturated heterocycles. The van der Waals surface area contributed by atoms with Gasteiger partial charge in [-0.1, -0.05) is 32.7 Å². The van der Waals surface area contributed by atoms with Gasteiger partial charge in [-0.05, 0) is 23.8 Å². The molecule has 0 atom stereocenters. The molecular weight excluding hydrogens is 304 g/mol. The lowest BCUT2D eigenvalue weighted by Crippen LogP contribution is -2.20. The molecule has 1 aromatic carbocycles. The highest BCUT2D eigenvalue weighted by atomic mass is 79.9. The second-order valence-electron chi connectivity index (χ2n) is 3.58. The van der Waals surface area contributed by atoms with Crippen LogP contribution in [0, 0.1) is 0 Å². The fourth-order valence-corrected chi connectivity index (χ4v) is 2.03. The molecular formula is C11H12BrClN4. The molecule has 0 bridgehead atoms. The van der Waals surface area contributed by atoms with Crippen LogP contribution in [0.4, 0.5) is 0 Å². The van der Waals surface area contributed by atoms with Gasteiger partial charge in [-0.3, -0.25) is 4.68 Å². The second kappa shape index (κ2) is 6.14. The summed E-state index contributed by atoms with van der Waals surface area (Å²) in [5, 5.41) is 11.7. The number of halogens is 2. The summed E-state index contributed by atoms with van der Waals surface area (Å²) in [5.41, 5.74) is 1.15. The van der Waals surface area contributed by atoms with Crippen LogP contribution in [0.5, 0.6) is 0 Å². The van der Waals surface area contributed by atoms with Crippen LogP contribution in [0.25, 0.3) is 0 Å². The molecule has 1 N–H and O–H groups in total. The Labute approximate surface area is 113 Å². The summed E-state index contributed by atoms with van der Waals surface area (Å²) in [4.78, 5) is 0. The molecule has 0 aliphatic rings. The highest BCUT2D eigenvalue weighted by Gasteiger charge is 2.00. The summed E-state index contributed by atoms with van der Waals surface area (Å²) in [6.45, 7) is 2.41. The molecule has 0 amide bonds. The predicted octanol–water partition coefficient (Wildman–Crippen LogP) is 2.48. The highest BCUT2D eigenvalue weighted by molar-refractivity contribution is 9.10. The monoisotopic (exact) mass is 314 g/mol. The van der Waals surface area contributed by atoms with Crippen LogP contribution in [-0.4, -0.2) is 21.5 Å². The molecule has 90 valence electrons. The van der Waals surface area contributed by atoms with E-state index < -0.39 is 0 Å². The van der Waals surface area contributed by atoms with E-state index in [2.05, 4.69) is 31.6 Å². The average molecular weight is 316 g/mol. The van der Waals surface area contributed by atoms with Crippen LogP contribution >= 0.6 is 27.5 Å². The highest BCUT2D eigenvalue weighted by Crippen LogP contribution is 2.20. The summed E-state index contributed by atoms with van der Waals surface area (Å²) in [5.74, 6) is 0. The molecule has 2 rings (SSSR count). The fraction of sp³-hybridized carbons (Fsp3) is 0.273. The van der Waals surface area contributed by atoms with Crippen LogP contribution < -0.4 is 5.32 Å². The van der Waals surface area contributed by atoms with Crippen molar-refractivity contribution in [2.24, 2.45) is 0 Å². The van der Waals surface area contributed by atoms with E-state index in [9.17, 15) is 0 Å². The van der Waals surface area contributed by atoms with Gasteiger partial charge in [0, 0.05) is 28.8 Å². The number of hydrogen-bond donors (Lipinski definition) is 1. The van der Waals surface area contributed by atoms with Crippen LogP contribution in [0.3, 0.4) is 0 Å². The van der Waals surface area contributed by atoms with Crippen molar-refractivity contribution in [2.75, 3.05) is 6.54 Å². The minimum Gasteiger partial charge on any atom is -0.311 e. The number of nitrogens with one attached hydrogen (secondary N) is 1. The van der Waals surface area contributed by atoms with Crippen LogP contribution in [-0.2, 0) is 13.1 Å². The zero-order chi connectivity index (χ0) is 12.1. The summed E-state index contributed by atoms with van der Waals surface area (Å²) in [6, 6.07) is 5.77. The fourth-order valence-electron chi connectivity index (χ4n) is 1.45. The molecule has 0 unspecified atom stereocenters. The number of hydrogen-bond acceptors (Lipinski definition) is 3. The Morgan fingerprint density at radius 2 is 2.29 bits per heavy atom. The van der Waals surface area contributed by atoms with Gasteiger partial charge in [-0.15, -0.1) is 5.10 Å². The normalized spacial score (nSPS) is 10.7. The van der Waals surface area contributed by atoms with Crippen LogP contribution in [0.15, 0.2) is 35.1 Å². The molecule has 0 radical (unpaired) electrons. The molecule has 0 fully saturated rings. The maximum atomic E-state index is 5.94. The molecule has 1 heterocycles. The van der Waals surface area contributed by atoms with Gasteiger partial charge in [0.2, 0.25) is 0 Å². The number of benzene rings is 1. The predicted molar refractivity (Wildman–Crippen MR) is 70.9 cm³/mol. The Morgan fingerprint density at radius 3 is 3.06 bits per heavy atom. The third kappa shape index (κ3) is 3.80. The lowest BCUT2D eigenvalue weighted by Gasteiger charge is -2.07. The van der Waals surface area contributed by atoms with Crippen LogP contribution in [0.2, 0.25) is 5.02 Å². The van der Waals surface area contributed by atoms with E-state index in [1.807, 2.05) is 24.4 Å². The van der Waals surface area contributed by atoms with E-state index in [-0.39, 0.29) is 0 Å². The summed E-state index contributed by atoms with van der Waals surface area (Å²) >= 11 is 9.43. The number of aromatic nitrogens is 3. The van der Waals surface area contributed by atoms with Crippen molar-refractivity contribution < 1.29 is 0 Å². The molecule has 0 aliphatic heterocycles. The van der Waals surface area contributed by atoms with Gasteiger partial charge in [0.05, 0.1) is 12.7 Å². The first kappa shape index (κ1) is 12.5. The molecule has 2 aromatic rings. The van der Waals surface area contributed by atoms with E-state index in [1.165, 1.54) is 0 Å². The van der Waals surface area contributed by atoms with Gasteiger partial charge in [0.25, 0.3) is 0 Å². The summed E-state index contributed by atoms with van der Waals surface area (Å²) in [6.07, 6.45) is 3.52. The minimum absolute atomic E-state index is 0.751. The Hall–Kier alpha value is -0.910. The van der Waals surface area contributed by atoms with Gasteiger partial charge in [-0.2, -0.15) is 0 Å². The van der Waals surface area contributed by atoms with Crippen molar-refractivity contribution in [1.29, 1.82) is 0 Å². The number of rotatable bonds is 5. The number of nitrogens with zero attached hydrogens (tertiary/aromatic N) is 3. The average Bonchev–Trinajstić information content (AvgIpc) is 2.82. The Morgan fingerprint density at radius 1 is 1.41 bits per heavy atom. The van der Waals surface area contributed by atoms with Gasteiger partial charge in [0.1, 0.15) is 0 Å². The summed E-state index contributed by atoms with van der Waals surface area (Å²) < 4.78 is 2.86. The third-order valence-electron chi connectivity index (χ3n) is 2.31. The maximum Gasteiger partial charge on any atom is 0.0692 e. The van der Waals surface area contributed by atoms with E-state index in [1.54, 1.807) is 10.9 Å². The zero-order valence-corrected chi connectivity index (χ0v) is 11.4. The SMILES string of the molecule is Clc1ccc(Br)c(CNCCn2ccnn2)c1. The molecule has 1 aromatic heterocycles. The Balaban J connectivity index is 1.80. The van der Waals surface area contributed by atoms with Crippen molar-refractivity contribution in [3.8, 4) is 0 Å². The largest absolute Gasteiger partial charge is 0.311 e. The molecule has 0 saturated carbocycles. The topological polar surface area (TPSA) is 42.7 Å². The third-order valence-corrected chi connectivity index (χ3v) is 3.32. The lowest BCUT2D eigenvalue weighted by atomic mass is 10.2. The van der Waals surface area contributed by atoms with Gasteiger partial charge < -0.3 is 5.32 Å². The molecule has 17 heavy (non-hydrogen) atoms. The van der Waals surface area contributed by atoms with Gasteiger partial charge in [0.15, 0.2) is 0 Å². The summed E-state index contributed by atoms with van der Waals surface area (Å²) in [7, 11) is 0. The standard InChI is InChI=1S/C11H12BrClN4/c12-11-2-1-10(13)7-9(11)8-14-3-5-17-6-4-15-16-17/h1-2,4,6-7,14H,3,5,8H2. The van der Waals surface area contributed by atoms with Crippen LogP contribution in [0.1, 0.15) is 5.56 Å². The Bertz CT molecular complexity index is 472. The van der Waals surface area contributed by atoms with Crippen molar-refractivity contribution >= 4 is 27.5 Å². The first-order chi connectivity index (χ1) is 8.25. The van der Waals surface area contributed by atoms with Gasteiger partial charge >= 0.3 is 0 Å². The molecule has 0 aliphatic carbocycles. The van der Waals surface area contributed by atoms with Crippen molar-refractivity contribution in [2.45, 2.75) is 13.1 Å². The molecule has 0 spiro atoms. The quantitative estimate of drug-likeness (QED) is 0.862. The first-order valence-electron chi connectivity index (χ1n) is 5.24. The van der Waals surface area contributed by atoms with Crippen molar-refractivity contribution in [1.82, 2.24) is 20.3 Å². The first-order valence-corrected chi connectivity index (χ1v) is 6.41. The second-order valence-corrected chi connectivity index (χ2v) is 4.87. The maximum absolute atomic E-state index is 5.94. The van der Waals surface area contributed by atoms with E-state index >= 15 is 0 Å². The van der Waals surface area contributed by atoms with Crippen molar-refractivity contribution in [3.63, 3.8) is 0 Å². The molecule has 6 heteroatoms. The lowest BCUT2D eigenvalue weighted by molar-refractivity contribution is 0.540.